The summed E-state index contributed by atoms with van der Waals surface area (Å²) >= 11 is 0. The Balaban J connectivity index is 1.86. The van der Waals surface area contributed by atoms with Crippen molar-refractivity contribution in [3.05, 3.63) is 48.0 Å². The molecule has 6 atom stereocenters. The summed E-state index contributed by atoms with van der Waals surface area (Å²) in [5, 5.41) is 18.0. The van der Waals surface area contributed by atoms with Crippen molar-refractivity contribution >= 4 is 23.7 Å². The van der Waals surface area contributed by atoms with Gasteiger partial charge in [-0.1, -0.05) is 70.2 Å². The lowest BCUT2D eigenvalue weighted by atomic mass is 9.89. The number of fused-ring (bicyclic) bond motifs is 2. The van der Waals surface area contributed by atoms with E-state index in [0.29, 0.717) is 38.8 Å². The molecule has 2 bridgehead atoms. The number of hydrogen-bond donors (Lipinski definition) is 4. The summed E-state index contributed by atoms with van der Waals surface area (Å²) in [5.74, 6) is -2.84. The minimum absolute atomic E-state index is 0.166. The lowest BCUT2D eigenvalue weighted by molar-refractivity contribution is -0.153. The topological polar surface area (TPSA) is 137 Å². The van der Waals surface area contributed by atoms with E-state index in [-0.39, 0.29) is 24.2 Å². The maximum Gasteiger partial charge on any atom is 0.324 e. The fourth-order valence-electron chi connectivity index (χ4n) is 5.29. The van der Waals surface area contributed by atoms with Gasteiger partial charge >= 0.3 is 5.97 Å². The minimum Gasteiger partial charge on any atom is -0.464 e. The molecule has 0 aliphatic carbocycles. The fourth-order valence-corrected chi connectivity index (χ4v) is 5.29. The number of carbonyl (C=O) groups excluding carboxylic acids is 4. The van der Waals surface area contributed by atoms with Gasteiger partial charge in [-0.05, 0) is 55.9 Å². The Hall–Kier alpha value is -3.24. The average Bonchev–Trinajstić information content (AvgIpc) is 2.99. The molecule has 0 radical (unpaired) electrons. The minimum atomic E-state index is -0.937. The van der Waals surface area contributed by atoms with Crippen LogP contribution in [0.3, 0.4) is 0 Å². The molecule has 0 aromatic heterocycles. The van der Waals surface area contributed by atoms with Gasteiger partial charge in [0.05, 0.1) is 18.6 Å². The van der Waals surface area contributed by atoms with E-state index in [1.807, 2.05) is 63.3 Å². The van der Waals surface area contributed by atoms with Gasteiger partial charge in [-0.25, -0.2) is 5.43 Å². The molecule has 42 heavy (non-hydrogen) atoms. The van der Waals surface area contributed by atoms with Crippen LogP contribution in [-0.4, -0.2) is 71.2 Å². The predicted molar refractivity (Wildman–Crippen MR) is 160 cm³/mol. The number of carbonyl (C=O) groups is 4. The first-order valence-electron chi connectivity index (χ1n) is 15.3. The number of nitrogens with zero attached hydrogens (tertiary/aromatic N) is 1. The van der Waals surface area contributed by atoms with Crippen LogP contribution in [0.25, 0.3) is 0 Å². The highest BCUT2D eigenvalue weighted by atomic mass is 16.5. The van der Waals surface area contributed by atoms with Crippen LogP contribution in [0.5, 0.6) is 0 Å². The lowest BCUT2D eigenvalue weighted by Gasteiger charge is -2.35. The van der Waals surface area contributed by atoms with Gasteiger partial charge < -0.3 is 20.5 Å². The van der Waals surface area contributed by atoms with Crippen LogP contribution in [0.1, 0.15) is 71.8 Å². The van der Waals surface area contributed by atoms with Gasteiger partial charge in [0.25, 0.3) is 5.91 Å². The SMILES string of the molecule is CC(C)[C@@H]1NC(=O)[C@@H](C)[C@@H](O)[C@@H](C)CC=CCCCCOC(=O)[C@@H]2CCCN(N2)C(=O)[C@H](Cc2ccccc2)NC1=O. The number of esters is 1. The molecule has 3 rings (SSSR count). The van der Waals surface area contributed by atoms with Crippen LogP contribution in [0.2, 0.25) is 0 Å². The Labute approximate surface area is 249 Å². The smallest absolute Gasteiger partial charge is 0.324 e. The van der Waals surface area contributed by atoms with Crippen molar-refractivity contribution in [1.82, 2.24) is 21.1 Å². The number of hydrogen-bond acceptors (Lipinski definition) is 7. The quantitative estimate of drug-likeness (QED) is 0.317. The molecule has 2 heterocycles. The van der Waals surface area contributed by atoms with Crippen molar-refractivity contribution < 1.29 is 29.0 Å². The van der Waals surface area contributed by atoms with Crippen molar-refractivity contribution in [3.63, 3.8) is 0 Å². The van der Waals surface area contributed by atoms with Crippen LogP contribution in [-0.2, 0) is 30.3 Å². The molecular weight excluding hydrogens is 536 g/mol. The van der Waals surface area contributed by atoms with Gasteiger partial charge in [0.2, 0.25) is 11.8 Å². The summed E-state index contributed by atoms with van der Waals surface area (Å²) in [6.45, 7) is 7.87. The molecule has 0 unspecified atom stereocenters. The van der Waals surface area contributed by atoms with Crippen molar-refractivity contribution in [1.29, 1.82) is 0 Å². The van der Waals surface area contributed by atoms with Gasteiger partial charge in [-0.2, -0.15) is 0 Å². The number of rotatable bonds is 3. The number of ether oxygens (including phenoxy) is 1. The molecule has 10 nitrogen and oxygen atoms in total. The van der Waals surface area contributed by atoms with Crippen molar-refractivity contribution in [2.45, 2.75) is 96.9 Å². The maximum absolute atomic E-state index is 13.8. The predicted octanol–water partition coefficient (Wildman–Crippen LogP) is 2.66. The zero-order valence-corrected chi connectivity index (χ0v) is 25.4. The zero-order chi connectivity index (χ0) is 30.6. The van der Waals surface area contributed by atoms with E-state index in [2.05, 4.69) is 16.1 Å². The van der Waals surface area contributed by atoms with Crippen LogP contribution >= 0.6 is 0 Å². The van der Waals surface area contributed by atoms with Gasteiger partial charge in [0, 0.05) is 13.0 Å². The molecule has 1 fully saturated rings. The van der Waals surface area contributed by atoms with Crippen molar-refractivity contribution in [2.75, 3.05) is 13.2 Å². The highest BCUT2D eigenvalue weighted by molar-refractivity contribution is 5.93. The molecule has 232 valence electrons. The molecule has 1 aromatic carbocycles. The number of nitrogens with one attached hydrogen (secondary N) is 3. The van der Waals surface area contributed by atoms with Crippen LogP contribution < -0.4 is 16.1 Å². The second kappa shape index (κ2) is 16.4. The Morgan fingerprint density at radius 1 is 0.976 bits per heavy atom. The molecule has 2 aliphatic rings. The average molecular weight is 585 g/mol. The number of aliphatic hydroxyl groups excluding tert-OH is 1. The number of allylic oxidation sites excluding steroid dienone is 2. The molecule has 0 spiro atoms. The van der Waals surface area contributed by atoms with E-state index in [0.717, 1.165) is 18.4 Å². The second-order valence-electron chi connectivity index (χ2n) is 11.9. The Morgan fingerprint density at radius 3 is 2.43 bits per heavy atom. The normalized spacial score (nSPS) is 29.6. The van der Waals surface area contributed by atoms with E-state index in [9.17, 15) is 24.3 Å². The van der Waals surface area contributed by atoms with Gasteiger partial charge in [-0.3, -0.25) is 24.2 Å². The molecule has 10 heteroatoms. The maximum atomic E-state index is 13.8. The molecule has 0 saturated carbocycles. The summed E-state index contributed by atoms with van der Waals surface area (Å²) in [4.78, 5) is 53.4. The highest BCUT2D eigenvalue weighted by Crippen LogP contribution is 2.19. The monoisotopic (exact) mass is 584 g/mol. The number of hydrazine groups is 1. The second-order valence-corrected chi connectivity index (χ2v) is 11.9. The van der Waals surface area contributed by atoms with Crippen LogP contribution in [0.15, 0.2) is 42.5 Å². The molecule has 2 aliphatic heterocycles. The first-order chi connectivity index (χ1) is 20.1. The number of amides is 3. The van der Waals surface area contributed by atoms with Crippen LogP contribution in [0.4, 0.5) is 0 Å². The molecule has 1 aromatic rings. The van der Waals surface area contributed by atoms with E-state index < -0.39 is 47.9 Å². The molecule has 3 amide bonds. The van der Waals surface area contributed by atoms with Crippen LogP contribution in [0, 0.1) is 17.8 Å². The fraction of sp³-hybridized carbons (Fsp3) is 0.625. The third-order valence-electron chi connectivity index (χ3n) is 8.07. The number of cyclic esters (lactones) is 1. The van der Waals surface area contributed by atoms with Crippen molar-refractivity contribution in [2.24, 2.45) is 17.8 Å². The summed E-state index contributed by atoms with van der Waals surface area (Å²) < 4.78 is 5.50. The third-order valence-corrected chi connectivity index (χ3v) is 8.07. The lowest BCUT2D eigenvalue weighted by Crippen LogP contribution is -2.62. The highest BCUT2D eigenvalue weighted by Gasteiger charge is 2.36. The van der Waals surface area contributed by atoms with Crippen molar-refractivity contribution in [3.8, 4) is 0 Å². The number of aliphatic hydroxyl groups is 1. The Kier molecular flexibility index (Phi) is 13.0. The summed E-state index contributed by atoms with van der Waals surface area (Å²) in [7, 11) is 0. The number of benzene rings is 1. The van der Waals surface area contributed by atoms with E-state index in [4.69, 9.17) is 4.74 Å². The Bertz CT molecular complexity index is 1080. The standard InChI is InChI=1S/C32H48N4O6/c1-21(2)27-30(39)33-26(20-24-15-10-8-11-16-24)31(40)36-18-13-17-25(35-36)32(41)42-19-12-7-5-6-9-14-22(3)28(37)23(4)29(38)34-27/h6,8-11,15-16,21-23,25-28,35,37H,5,7,12-14,17-20H2,1-4H3,(H,33,39)(H,34,38)/t22-,23-,25-,26-,27-,28-/m0/s1. The first-order valence-corrected chi connectivity index (χ1v) is 15.3. The zero-order valence-electron chi connectivity index (χ0n) is 25.4. The molecule has 4 N–H and O–H groups in total. The van der Waals surface area contributed by atoms with E-state index >= 15 is 0 Å². The largest absolute Gasteiger partial charge is 0.464 e. The third kappa shape index (κ3) is 9.66. The summed E-state index contributed by atoms with van der Waals surface area (Å²) in [6, 6.07) is 6.87. The van der Waals surface area contributed by atoms with Gasteiger partial charge in [-0.15, -0.1) is 0 Å². The van der Waals surface area contributed by atoms with E-state index in [1.54, 1.807) is 6.92 Å². The molecular formula is C32H48N4O6. The first kappa shape index (κ1) is 33.3. The van der Waals surface area contributed by atoms with Gasteiger partial charge in [0.1, 0.15) is 18.1 Å². The Morgan fingerprint density at radius 2 is 1.71 bits per heavy atom. The summed E-state index contributed by atoms with van der Waals surface area (Å²) in [5.41, 5.74) is 3.88. The van der Waals surface area contributed by atoms with E-state index in [1.165, 1.54) is 5.01 Å². The van der Waals surface area contributed by atoms with Gasteiger partial charge in [0.15, 0.2) is 0 Å². The summed E-state index contributed by atoms with van der Waals surface area (Å²) in [6.07, 6.45) is 7.52. The molecule has 1 saturated heterocycles.